The summed E-state index contributed by atoms with van der Waals surface area (Å²) in [5, 5.41) is 14.1. The largest absolute Gasteiger partial charge is 0.481 e. The van der Waals surface area contributed by atoms with Gasteiger partial charge in [-0.05, 0) is 19.8 Å². The van der Waals surface area contributed by atoms with Crippen molar-refractivity contribution in [2.45, 2.75) is 38.3 Å². The number of nitrogens with one attached hydrogen (secondary N) is 2. The van der Waals surface area contributed by atoms with Crippen molar-refractivity contribution in [3.8, 4) is 0 Å². The first kappa shape index (κ1) is 11.0. The zero-order valence-electron chi connectivity index (χ0n) is 8.25. The summed E-state index contributed by atoms with van der Waals surface area (Å²) in [5.41, 5.74) is 0. The molecule has 1 unspecified atom stereocenters. The fourth-order valence-corrected chi connectivity index (χ4v) is 1.11. The molecule has 1 fully saturated rings. The molecule has 1 saturated carbocycles. The van der Waals surface area contributed by atoms with Crippen molar-refractivity contribution in [3.05, 3.63) is 0 Å². The summed E-state index contributed by atoms with van der Waals surface area (Å²) >= 11 is 0. The van der Waals surface area contributed by atoms with E-state index in [1.54, 1.807) is 6.92 Å². The third-order valence-electron chi connectivity index (χ3n) is 2.03. The molecule has 0 saturated heterocycles. The lowest BCUT2D eigenvalue weighted by molar-refractivity contribution is -0.137. The fraction of sp³-hybridized carbons (Fsp3) is 0.778. The first-order valence-electron chi connectivity index (χ1n) is 4.82. The highest BCUT2D eigenvalue weighted by Crippen LogP contribution is 2.18. The SMILES string of the molecule is CC(CC(=O)O)NCC(=O)NC1CC1. The van der Waals surface area contributed by atoms with Gasteiger partial charge >= 0.3 is 5.97 Å². The molecule has 5 heteroatoms. The molecule has 0 aromatic carbocycles. The summed E-state index contributed by atoms with van der Waals surface area (Å²) < 4.78 is 0. The van der Waals surface area contributed by atoms with E-state index in [-0.39, 0.29) is 24.9 Å². The molecule has 1 rings (SSSR count). The van der Waals surface area contributed by atoms with Gasteiger partial charge in [-0.15, -0.1) is 0 Å². The molecule has 0 aliphatic heterocycles. The van der Waals surface area contributed by atoms with E-state index < -0.39 is 5.97 Å². The van der Waals surface area contributed by atoms with Crippen LogP contribution in [0.25, 0.3) is 0 Å². The maximum absolute atomic E-state index is 11.2. The molecular formula is C9H16N2O3. The molecule has 1 aliphatic rings. The average Bonchev–Trinajstić information content (AvgIpc) is 2.83. The zero-order chi connectivity index (χ0) is 10.6. The smallest absolute Gasteiger partial charge is 0.304 e. The van der Waals surface area contributed by atoms with Crippen LogP contribution in [0.5, 0.6) is 0 Å². The fourth-order valence-electron chi connectivity index (χ4n) is 1.11. The lowest BCUT2D eigenvalue weighted by Gasteiger charge is -2.10. The second kappa shape index (κ2) is 4.95. The maximum Gasteiger partial charge on any atom is 0.304 e. The third kappa shape index (κ3) is 4.81. The number of hydrogen-bond donors (Lipinski definition) is 3. The van der Waals surface area contributed by atoms with Crippen LogP contribution in [0.3, 0.4) is 0 Å². The molecule has 0 aromatic rings. The van der Waals surface area contributed by atoms with Crippen molar-refractivity contribution in [3.63, 3.8) is 0 Å². The maximum atomic E-state index is 11.2. The summed E-state index contributed by atoms with van der Waals surface area (Å²) in [5.74, 6) is -0.905. The van der Waals surface area contributed by atoms with Gasteiger partial charge in [-0.3, -0.25) is 9.59 Å². The van der Waals surface area contributed by atoms with Crippen LogP contribution in [-0.4, -0.2) is 35.6 Å². The first-order valence-corrected chi connectivity index (χ1v) is 4.82. The molecule has 1 atom stereocenters. The zero-order valence-corrected chi connectivity index (χ0v) is 8.25. The van der Waals surface area contributed by atoms with E-state index in [1.165, 1.54) is 0 Å². The molecule has 1 amide bonds. The number of carbonyl (C=O) groups excluding carboxylic acids is 1. The normalized spacial score (nSPS) is 17.5. The van der Waals surface area contributed by atoms with Crippen LogP contribution in [-0.2, 0) is 9.59 Å². The number of amides is 1. The van der Waals surface area contributed by atoms with E-state index >= 15 is 0 Å². The summed E-state index contributed by atoms with van der Waals surface area (Å²) in [6.07, 6.45) is 2.17. The van der Waals surface area contributed by atoms with Crippen LogP contribution in [0.1, 0.15) is 26.2 Å². The van der Waals surface area contributed by atoms with Crippen molar-refractivity contribution >= 4 is 11.9 Å². The second-order valence-corrected chi connectivity index (χ2v) is 3.72. The van der Waals surface area contributed by atoms with Gasteiger partial charge in [0.2, 0.25) is 5.91 Å². The standard InChI is InChI=1S/C9H16N2O3/c1-6(4-9(13)14)10-5-8(12)11-7-2-3-7/h6-7,10H,2-5H2,1H3,(H,11,12)(H,13,14). The highest BCUT2D eigenvalue weighted by atomic mass is 16.4. The van der Waals surface area contributed by atoms with E-state index in [2.05, 4.69) is 10.6 Å². The quantitative estimate of drug-likeness (QED) is 0.551. The van der Waals surface area contributed by atoms with Crippen molar-refractivity contribution in [2.24, 2.45) is 0 Å². The van der Waals surface area contributed by atoms with Crippen LogP contribution in [0, 0.1) is 0 Å². The Bertz CT molecular complexity index is 226. The van der Waals surface area contributed by atoms with Gasteiger partial charge in [-0.25, -0.2) is 0 Å². The number of carboxylic acid groups (broad SMARTS) is 1. The summed E-state index contributed by atoms with van der Waals surface area (Å²) in [4.78, 5) is 21.5. The molecule has 0 bridgehead atoms. The molecule has 80 valence electrons. The topological polar surface area (TPSA) is 78.4 Å². The molecule has 0 spiro atoms. The monoisotopic (exact) mass is 200 g/mol. The molecule has 0 aromatic heterocycles. The number of carbonyl (C=O) groups is 2. The van der Waals surface area contributed by atoms with Gasteiger partial charge in [0, 0.05) is 12.1 Å². The highest BCUT2D eigenvalue weighted by Gasteiger charge is 2.23. The van der Waals surface area contributed by atoms with Crippen molar-refractivity contribution in [1.29, 1.82) is 0 Å². The minimum Gasteiger partial charge on any atom is -0.481 e. The van der Waals surface area contributed by atoms with Crippen molar-refractivity contribution in [2.75, 3.05) is 6.54 Å². The number of hydrogen-bond acceptors (Lipinski definition) is 3. The van der Waals surface area contributed by atoms with Crippen LogP contribution in [0.15, 0.2) is 0 Å². The average molecular weight is 200 g/mol. The Morgan fingerprint density at radius 1 is 1.50 bits per heavy atom. The Kier molecular flexibility index (Phi) is 3.88. The van der Waals surface area contributed by atoms with Gasteiger partial charge in [0.15, 0.2) is 0 Å². The Balaban J connectivity index is 2.05. The molecule has 0 radical (unpaired) electrons. The molecule has 14 heavy (non-hydrogen) atoms. The van der Waals surface area contributed by atoms with Crippen molar-refractivity contribution in [1.82, 2.24) is 10.6 Å². The van der Waals surface area contributed by atoms with Crippen molar-refractivity contribution < 1.29 is 14.7 Å². The Labute approximate surface area is 82.9 Å². The minimum absolute atomic E-state index is 0.0384. The Morgan fingerprint density at radius 3 is 2.64 bits per heavy atom. The molecule has 1 aliphatic carbocycles. The van der Waals surface area contributed by atoms with Crippen LogP contribution in [0.4, 0.5) is 0 Å². The van der Waals surface area contributed by atoms with E-state index in [9.17, 15) is 9.59 Å². The molecule has 5 nitrogen and oxygen atoms in total. The number of aliphatic carboxylic acids is 1. The van der Waals surface area contributed by atoms with Crippen LogP contribution < -0.4 is 10.6 Å². The number of carboxylic acids is 1. The molecule has 3 N–H and O–H groups in total. The van der Waals surface area contributed by atoms with Gasteiger partial charge in [0.1, 0.15) is 0 Å². The van der Waals surface area contributed by atoms with Gasteiger partial charge in [0.25, 0.3) is 0 Å². The predicted molar refractivity (Wildman–Crippen MR) is 50.9 cm³/mol. The summed E-state index contributed by atoms with van der Waals surface area (Å²) in [6.45, 7) is 1.95. The lowest BCUT2D eigenvalue weighted by atomic mass is 10.2. The first-order chi connectivity index (χ1) is 6.58. The van der Waals surface area contributed by atoms with Crippen LogP contribution >= 0.6 is 0 Å². The van der Waals surface area contributed by atoms with Gasteiger partial charge in [0.05, 0.1) is 13.0 Å². The van der Waals surface area contributed by atoms with E-state index in [0.717, 1.165) is 12.8 Å². The summed E-state index contributed by atoms with van der Waals surface area (Å²) in [7, 11) is 0. The Morgan fingerprint density at radius 2 is 2.14 bits per heavy atom. The predicted octanol–water partition coefficient (Wildman–Crippen LogP) is -0.282. The minimum atomic E-state index is -0.854. The lowest BCUT2D eigenvalue weighted by Crippen LogP contribution is -2.39. The highest BCUT2D eigenvalue weighted by molar-refractivity contribution is 5.78. The number of rotatable bonds is 6. The molecular weight excluding hydrogens is 184 g/mol. The van der Waals surface area contributed by atoms with E-state index in [4.69, 9.17) is 5.11 Å². The van der Waals surface area contributed by atoms with Gasteiger partial charge in [-0.2, -0.15) is 0 Å². The Hall–Kier alpha value is -1.10. The third-order valence-corrected chi connectivity index (χ3v) is 2.03. The molecule has 0 heterocycles. The second-order valence-electron chi connectivity index (χ2n) is 3.72. The van der Waals surface area contributed by atoms with Gasteiger partial charge < -0.3 is 15.7 Å². The van der Waals surface area contributed by atoms with Crippen LogP contribution in [0.2, 0.25) is 0 Å². The summed E-state index contributed by atoms with van der Waals surface area (Å²) in [6, 6.07) is 0.191. The van der Waals surface area contributed by atoms with E-state index in [0.29, 0.717) is 6.04 Å². The van der Waals surface area contributed by atoms with E-state index in [1.807, 2.05) is 0 Å². The van der Waals surface area contributed by atoms with Gasteiger partial charge in [-0.1, -0.05) is 0 Å².